The van der Waals surface area contributed by atoms with Crippen molar-refractivity contribution in [2.75, 3.05) is 32.7 Å². The highest BCUT2D eigenvalue weighted by Crippen LogP contribution is 2.14. The molecule has 20 heavy (non-hydrogen) atoms. The van der Waals surface area contributed by atoms with E-state index < -0.39 is 0 Å². The Hall–Kier alpha value is -1.06. The van der Waals surface area contributed by atoms with Crippen LogP contribution in [0.15, 0.2) is 24.3 Å². The van der Waals surface area contributed by atoms with Crippen LogP contribution in [0.3, 0.4) is 0 Å². The average Bonchev–Trinajstić information content (AvgIpc) is 2.47. The third-order valence-corrected chi connectivity index (χ3v) is 4.04. The summed E-state index contributed by atoms with van der Waals surface area (Å²) in [5.41, 5.74) is 0.692. The Labute approximate surface area is 126 Å². The quantitative estimate of drug-likeness (QED) is 0.778. The molecule has 0 bridgehead atoms. The van der Waals surface area contributed by atoms with Gasteiger partial charge in [-0.05, 0) is 31.2 Å². The first-order chi connectivity index (χ1) is 9.70. The molecule has 110 valence electrons. The lowest BCUT2D eigenvalue weighted by atomic mass is 10.1. The van der Waals surface area contributed by atoms with Crippen LogP contribution in [-0.4, -0.2) is 48.4 Å². The number of nitrogens with zero attached hydrogens (tertiary/aromatic N) is 2. The maximum atomic E-state index is 12.4. The summed E-state index contributed by atoms with van der Waals surface area (Å²) in [5, 5.41) is 0.619. The van der Waals surface area contributed by atoms with E-state index in [9.17, 15) is 4.79 Å². The van der Waals surface area contributed by atoms with Crippen LogP contribution in [-0.2, 0) is 0 Å². The van der Waals surface area contributed by atoms with Gasteiger partial charge >= 0.3 is 0 Å². The first-order valence-electron chi connectivity index (χ1n) is 7.48. The number of unbranched alkanes of at least 4 members (excludes halogenated alkanes) is 2. The van der Waals surface area contributed by atoms with Crippen molar-refractivity contribution in [3.63, 3.8) is 0 Å². The van der Waals surface area contributed by atoms with E-state index in [1.54, 1.807) is 12.1 Å². The SMILES string of the molecule is CCCCCN1CCN(C(=O)c2cccc(Cl)c2)CC1. The van der Waals surface area contributed by atoms with E-state index in [0.717, 1.165) is 32.7 Å². The van der Waals surface area contributed by atoms with Gasteiger partial charge in [-0.15, -0.1) is 0 Å². The minimum atomic E-state index is 0.0979. The first-order valence-corrected chi connectivity index (χ1v) is 7.85. The molecule has 0 unspecified atom stereocenters. The molecule has 1 fully saturated rings. The van der Waals surface area contributed by atoms with Crippen LogP contribution in [0, 0.1) is 0 Å². The number of hydrogen-bond acceptors (Lipinski definition) is 2. The molecule has 0 spiro atoms. The first kappa shape index (κ1) is 15.3. The molecule has 3 nitrogen and oxygen atoms in total. The van der Waals surface area contributed by atoms with E-state index in [4.69, 9.17) is 11.6 Å². The smallest absolute Gasteiger partial charge is 0.253 e. The molecular weight excluding hydrogens is 272 g/mol. The van der Waals surface area contributed by atoms with Crippen molar-refractivity contribution < 1.29 is 4.79 Å². The van der Waals surface area contributed by atoms with Crippen LogP contribution < -0.4 is 0 Å². The molecule has 0 saturated carbocycles. The summed E-state index contributed by atoms with van der Waals surface area (Å²) in [6, 6.07) is 7.21. The van der Waals surface area contributed by atoms with Crippen molar-refractivity contribution in [1.82, 2.24) is 9.80 Å². The van der Waals surface area contributed by atoms with Gasteiger partial charge in [0.2, 0.25) is 0 Å². The number of hydrogen-bond donors (Lipinski definition) is 0. The molecule has 1 saturated heterocycles. The van der Waals surface area contributed by atoms with Gasteiger partial charge in [-0.25, -0.2) is 0 Å². The third-order valence-electron chi connectivity index (χ3n) is 3.81. The standard InChI is InChI=1S/C16H23ClN2O/c1-2-3-4-8-18-9-11-19(12-10-18)16(20)14-6-5-7-15(17)13-14/h5-7,13H,2-4,8-12H2,1H3. The van der Waals surface area contributed by atoms with Crippen molar-refractivity contribution in [1.29, 1.82) is 0 Å². The summed E-state index contributed by atoms with van der Waals surface area (Å²) >= 11 is 5.94. The van der Waals surface area contributed by atoms with Crippen molar-refractivity contribution >= 4 is 17.5 Å². The minimum Gasteiger partial charge on any atom is -0.336 e. The molecule has 1 aromatic carbocycles. The Morgan fingerprint density at radius 3 is 2.60 bits per heavy atom. The monoisotopic (exact) mass is 294 g/mol. The molecule has 1 aliphatic rings. The number of piperazine rings is 1. The predicted octanol–water partition coefficient (Wildman–Crippen LogP) is 3.29. The second-order valence-electron chi connectivity index (χ2n) is 5.35. The normalized spacial score (nSPS) is 16.4. The lowest BCUT2D eigenvalue weighted by Crippen LogP contribution is -2.48. The fourth-order valence-corrected chi connectivity index (χ4v) is 2.75. The zero-order valence-electron chi connectivity index (χ0n) is 12.1. The lowest BCUT2D eigenvalue weighted by Gasteiger charge is -2.34. The van der Waals surface area contributed by atoms with Crippen LogP contribution >= 0.6 is 11.6 Å². The molecule has 1 aromatic rings. The number of halogens is 1. The van der Waals surface area contributed by atoms with Gasteiger partial charge in [-0.2, -0.15) is 0 Å². The molecular formula is C16H23ClN2O. The molecule has 1 amide bonds. The maximum Gasteiger partial charge on any atom is 0.253 e. The van der Waals surface area contributed by atoms with E-state index in [1.807, 2.05) is 17.0 Å². The predicted molar refractivity (Wildman–Crippen MR) is 83.3 cm³/mol. The lowest BCUT2D eigenvalue weighted by molar-refractivity contribution is 0.0635. The van der Waals surface area contributed by atoms with Gasteiger partial charge in [0.05, 0.1) is 0 Å². The Bertz CT molecular complexity index is 442. The second kappa shape index (κ2) is 7.65. The molecule has 0 radical (unpaired) electrons. The number of carbonyl (C=O) groups excluding carboxylic acids is 1. The molecule has 0 aromatic heterocycles. The summed E-state index contributed by atoms with van der Waals surface area (Å²) < 4.78 is 0. The Kier molecular flexibility index (Phi) is 5.86. The maximum absolute atomic E-state index is 12.4. The summed E-state index contributed by atoms with van der Waals surface area (Å²) in [6.07, 6.45) is 3.81. The van der Waals surface area contributed by atoms with Crippen LogP contribution in [0.4, 0.5) is 0 Å². The number of benzene rings is 1. The molecule has 0 aliphatic carbocycles. The van der Waals surface area contributed by atoms with Crippen LogP contribution in [0.2, 0.25) is 5.02 Å². The van der Waals surface area contributed by atoms with E-state index in [2.05, 4.69) is 11.8 Å². The zero-order valence-corrected chi connectivity index (χ0v) is 12.9. The van der Waals surface area contributed by atoms with Gasteiger partial charge in [0.1, 0.15) is 0 Å². The van der Waals surface area contributed by atoms with Gasteiger partial charge in [0.25, 0.3) is 5.91 Å². The Morgan fingerprint density at radius 1 is 1.20 bits per heavy atom. The van der Waals surface area contributed by atoms with Crippen molar-refractivity contribution in [2.24, 2.45) is 0 Å². The molecule has 0 atom stereocenters. The molecule has 4 heteroatoms. The number of carbonyl (C=O) groups is 1. The van der Waals surface area contributed by atoms with E-state index in [1.165, 1.54) is 19.3 Å². The summed E-state index contributed by atoms with van der Waals surface area (Å²) in [6.45, 7) is 6.98. The molecule has 1 aliphatic heterocycles. The second-order valence-corrected chi connectivity index (χ2v) is 5.79. The van der Waals surface area contributed by atoms with Crippen molar-refractivity contribution in [3.8, 4) is 0 Å². The molecule has 0 N–H and O–H groups in total. The highest BCUT2D eigenvalue weighted by molar-refractivity contribution is 6.30. The summed E-state index contributed by atoms with van der Waals surface area (Å²) in [7, 11) is 0. The van der Waals surface area contributed by atoms with Crippen LogP contribution in [0.1, 0.15) is 36.5 Å². The third kappa shape index (κ3) is 4.22. The van der Waals surface area contributed by atoms with Crippen molar-refractivity contribution in [2.45, 2.75) is 26.2 Å². The number of rotatable bonds is 5. The molecule has 1 heterocycles. The summed E-state index contributed by atoms with van der Waals surface area (Å²) in [5.74, 6) is 0.0979. The topological polar surface area (TPSA) is 23.6 Å². The fourth-order valence-electron chi connectivity index (χ4n) is 2.56. The van der Waals surface area contributed by atoms with Gasteiger partial charge in [-0.3, -0.25) is 9.69 Å². The number of amides is 1. The van der Waals surface area contributed by atoms with Gasteiger partial charge in [-0.1, -0.05) is 37.4 Å². The van der Waals surface area contributed by atoms with Crippen LogP contribution in [0.5, 0.6) is 0 Å². The van der Waals surface area contributed by atoms with Crippen molar-refractivity contribution in [3.05, 3.63) is 34.9 Å². The molecule has 2 rings (SSSR count). The van der Waals surface area contributed by atoms with Gasteiger partial charge < -0.3 is 4.90 Å². The largest absolute Gasteiger partial charge is 0.336 e. The van der Waals surface area contributed by atoms with Crippen LogP contribution in [0.25, 0.3) is 0 Å². The van der Waals surface area contributed by atoms with Gasteiger partial charge in [0.15, 0.2) is 0 Å². The highest BCUT2D eigenvalue weighted by atomic mass is 35.5. The van der Waals surface area contributed by atoms with E-state index in [0.29, 0.717) is 10.6 Å². The Balaban J connectivity index is 1.83. The minimum absolute atomic E-state index is 0.0979. The van der Waals surface area contributed by atoms with E-state index in [-0.39, 0.29) is 5.91 Å². The van der Waals surface area contributed by atoms with E-state index >= 15 is 0 Å². The average molecular weight is 295 g/mol. The fraction of sp³-hybridized carbons (Fsp3) is 0.562. The van der Waals surface area contributed by atoms with Gasteiger partial charge in [0, 0.05) is 36.8 Å². The highest BCUT2D eigenvalue weighted by Gasteiger charge is 2.21. The zero-order chi connectivity index (χ0) is 14.4. The summed E-state index contributed by atoms with van der Waals surface area (Å²) in [4.78, 5) is 16.8. The Morgan fingerprint density at radius 2 is 1.95 bits per heavy atom.